The SMILES string of the molecule is CCCCN(C1CC1)C(C)C(=O)CC. The molecule has 1 unspecified atom stereocenters. The fourth-order valence-corrected chi connectivity index (χ4v) is 1.92. The van der Waals surface area contributed by atoms with Gasteiger partial charge in [0, 0.05) is 12.5 Å². The van der Waals surface area contributed by atoms with Gasteiger partial charge >= 0.3 is 0 Å². The number of hydrogen-bond acceptors (Lipinski definition) is 2. The van der Waals surface area contributed by atoms with Crippen LogP contribution in [0.2, 0.25) is 0 Å². The Bertz CT molecular complexity index is 187. The van der Waals surface area contributed by atoms with Crippen LogP contribution >= 0.6 is 0 Å². The lowest BCUT2D eigenvalue weighted by Gasteiger charge is -2.27. The van der Waals surface area contributed by atoms with Gasteiger partial charge in [-0.3, -0.25) is 9.69 Å². The van der Waals surface area contributed by atoms with E-state index in [0.717, 1.165) is 6.54 Å². The van der Waals surface area contributed by atoms with Crippen LogP contribution in [0.15, 0.2) is 0 Å². The first-order valence-electron chi connectivity index (χ1n) is 5.99. The third-order valence-corrected chi connectivity index (χ3v) is 3.10. The Morgan fingerprint density at radius 2 is 2.07 bits per heavy atom. The van der Waals surface area contributed by atoms with Crippen LogP contribution in [-0.4, -0.2) is 29.3 Å². The van der Waals surface area contributed by atoms with Crippen LogP contribution in [0.25, 0.3) is 0 Å². The van der Waals surface area contributed by atoms with Crippen molar-refractivity contribution in [3.8, 4) is 0 Å². The molecule has 0 saturated heterocycles. The molecular formula is C12H23NO. The van der Waals surface area contributed by atoms with Crippen LogP contribution < -0.4 is 0 Å². The number of Topliss-reactive ketones (excluding diaryl/α,β-unsaturated/α-hetero) is 1. The Morgan fingerprint density at radius 3 is 2.50 bits per heavy atom. The van der Waals surface area contributed by atoms with E-state index in [2.05, 4.69) is 18.7 Å². The zero-order chi connectivity index (χ0) is 10.6. The zero-order valence-electron chi connectivity index (χ0n) is 9.75. The molecule has 14 heavy (non-hydrogen) atoms. The summed E-state index contributed by atoms with van der Waals surface area (Å²) < 4.78 is 0. The summed E-state index contributed by atoms with van der Waals surface area (Å²) in [5, 5.41) is 0. The molecule has 1 aliphatic rings. The standard InChI is InChI=1S/C12H23NO/c1-4-6-9-13(11-7-8-11)10(3)12(14)5-2/h10-11H,4-9H2,1-3H3. The summed E-state index contributed by atoms with van der Waals surface area (Å²) in [6, 6.07) is 0.867. The Morgan fingerprint density at radius 1 is 1.43 bits per heavy atom. The number of carbonyl (C=O) groups excluding carboxylic acids is 1. The third-order valence-electron chi connectivity index (χ3n) is 3.10. The summed E-state index contributed by atoms with van der Waals surface area (Å²) in [6.45, 7) is 7.34. The van der Waals surface area contributed by atoms with Gasteiger partial charge in [0.1, 0.15) is 5.78 Å². The largest absolute Gasteiger partial charge is 0.298 e. The molecule has 1 fully saturated rings. The van der Waals surface area contributed by atoms with E-state index in [9.17, 15) is 4.79 Å². The molecule has 0 amide bonds. The highest BCUT2D eigenvalue weighted by Gasteiger charge is 2.33. The van der Waals surface area contributed by atoms with Gasteiger partial charge in [-0.1, -0.05) is 20.3 Å². The Hall–Kier alpha value is -0.370. The van der Waals surface area contributed by atoms with Crippen LogP contribution in [0.1, 0.15) is 52.9 Å². The van der Waals surface area contributed by atoms with Crippen molar-refractivity contribution in [2.24, 2.45) is 0 Å². The molecule has 0 aliphatic heterocycles. The Kier molecular flexibility index (Phi) is 4.59. The summed E-state index contributed by atoms with van der Waals surface area (Å²) >= 11 is 0. The first kappa shape index (κ1) is 11.7. The predicted molar refractivity (Wildman–Crippen MR) is 59.4 cm³/mol. The first-order chi connectivity index (χ1) is 6.70. The molecule has 1 saturated carbocycles. The quantitative estimate of drug-likeness (QED) is 0.625. The number of rotatable bonds is 7. The van der Waals surface area contributed by atoms with E-state index in [1.807, 2.05) is 6.92 Å². The molecule has 1 atom stereocenters. The van der Waals surface area contributed by atoms with Crippen molar-refractivity contribution in [2.75, 3.05) is 6.54 Å². The summed E-state index contributed by atoms with van der Waals surface area (Å²) in [6.07, 6.45) is 5.71. The monoisotopic (exact) mass is 197 g/mol. The smallest absolute Gasteiger partial charge is 0.149 e. The van der Waals surface area contributed by atoms with Gasteiger partial charge in [0.2, 0.25) is 0 Å². The van der Waals surface area contributed by atoms with Crippen LogP contribution in [0.3, 0.4) is 0 Å². The van der Waals surface area contributed by atoms with Crippen LogP contribution in [0.5, 0.6) is 0 Å². The molecule has 0 N–H and O–H groups in total. The lowest BCUT2D eigenvalue weighted by atomic mass is 10.1. The lowest BCUT2D eigenvalue weighted by Crippen LogP contribution is -2.40. The molecule has 0 aromatic rings. The van der Waals surface area contributed by atoms with Gasteiger partial charge in [0.15, 0.2) is 0 Å². The number of unbranched alkanes of at least 4 members (excludes halogenated alkanes) is 1. The second-order valence-electron chi connectivity index (χ2n) is 4.32. The van der Waals surface area contributed by atoms with E-state index in [0.29, 0.717) is 18.2 Å². The third kappa shape index (κ3) is 3.09. The van der Waals surface area contributed by atoms with E-state index in [4.69, 9.17) is 0 Å². The molecule has 0 bridgehead atoms. The number of ketones is 1. The maximum atomic E-state index is 11.6. The van der Waals surface area contributed by atoms with Crippen molar-refractivity contribution in [3.05, 3.63) is 0 Å². The summed E-state index contributed by atoms with van der Waals surface area (Å²) in [5.41, 5.74) is 0. The molecule has 2 heteroatoms. The molecule has 0 heterocycles. The topological polar surface area (TPSA) is 20.3 Å². The molecular weight excluding hydrogens is 174 g/mol. The average molecular weight is 197 g/mol. The van der Waals surface area contributed by atoms with Crippen molar-refractivity contribution in [1.29, 1.82) is 0 Å². The normalized spacial score (nSPS) is 18.6. The molecule has 0 radical (unpaired) electrons. The molecule has 1 aliphatic carbocycles. The van der Waals surface area contributed by atoms with E-state index in [1.54, 1.807) is 0 Å². The molecule has 0 aromatic carbocycles. The van der Waals surface area contributed by atoms with Crippen molar-refractivity contribution in [3.63, 3.8) is 0 Å². The minimum Gasteiger partial charge on any atom is -0.298 e. The maximum Gasteiger partial charge on any atom is 0.149 e. The second kappa shape index (κ2) is 5.50. The summed E-state index contributed by atoms with van der Waals surface area (Å²) in [7, 11) is 0. The number of carbonyl (C=O) groups is 1. The van der Waals surface area contributed by atoms with E-state index >= 15 is 0 Å². The molecule has 2 nitrogen and oxygen atoms in total. The highest BCUT2D eigenvalue weighted by Crippen LogP contribution is 2.29. The summed E-state index contributed by atoms with van der Waals surface area (Å²) in [5.74, 6) is 0.396. The predicted octanol–water partition coefficient (Wildman–Crippen LogP) is 2.62. The van der Waals surface area contributed by atoms with Crippen LogP contribution in [0.4, 0.5) is 0 Å². The summed E-state index contributed by atoms with van der Waals surface area (Å²) in [4.78, 5) is 14.0. The highest BCUT2D eigenvalue weighted by atomic mass is 16.1. The minimum atomic E-state index is 0.152. The van der Waals surface area contributed by atoms with Gasteiger partial charge in [0.05, 0.1) is 6.04 Å². The maximum absolute atomic E-state index is 11.6. The van der Waals surface area contributed by atoms with E-state index in [1.165, 1.54) is 25.7 Å². The minimum absolute atomic E-state index is 0.152. The van der Waals surface area contributed by atoms with Crippen molar-refractivity contribution in [2.45, 2.75) is 65.0 Å². The van der Waals surface area contributed by atoms with Crippen LogP contribution in [-0.2, 0) is 4.79 Å². The van der Waals surface area contributed by atoms with Gasteiger partial charge in [0.25, 0.3) is 0 Å². The van der Waals surface area contributed by atoms with E-state index in [-0.39, 0.29) is 6.04 Å². The van der Waals surface area contributed by atoms with Gasteiger partial charge in [-0.25, -0.2) is 0 Å². The lowest BCUT2D eigenvalue weighted by molar-refractivity contribution is -0.123. The van der Waals surface area contributed by atoms with Gasteiger partial charge < -0.3 is 0 Å². The first-order valence-corrected chi connectivity index (χ1v) is 5.99. The Balaban J connectivity index is 2.43. The number of nitrogens with zero attached hydrogens (tertiary/aromatic N) is 1. The molecule has 82 valence electrons. The Labute approximate surface area is 87.7 Å². The average Bonchev–Trinajstić information content (AvgIpc) is 3.01. The van der Waals surface area contributed by atoms with Gasteiger partial charge in [-0.2, -0.15) is 0 Å². The zero-order valence-corrected chi connectivity index (χ0v) is 9.75. The second-order valence-corrected chi connectivity index (χ2v) is 4.32. The van der Waals surface area contributed by atoms with Crippen molar-refractivity contribution < 1.29 is 4.79 Å². The fraction of sp³-hybridized carbons (Fsp3) is 0.917. The highest BCUT2D eigenvalue weighted by molar-refractivity contribution is 5.83. The molecule has 0 aromatic heterocycles. The van der Waals surface area contributed by atoms with E-state index < -0.39 is 0 Å². The van der Waals surface area contributed by atoms with Crippen molar-refractivity contribution >= 4 is 5.78 Å². The van der Waals surface area contributed by atoms with Crippen molar-refractivity contribution in [1.82, 2.24) is 4.90 Å². The van der Waals surface area contributed by atoms with Crippen LogP contribution in [0, 0.1) is 0 Å². The molecule has 0 spiro atoms. The fourth-order valence-electron chi connectivity index (χ4n) is 1.92. The molecule has 1 rings (SSSR count). The van der Waals surface area contributed by atoms with Gasteiger partial charge in [-0.15, -0.1) is 0 Å². The number of hydrogen-bond donors (Lipinski definition) is 0. The van der Waals surface area contributed by atoms with Gasteiger partial charge in [-0.05, 0) is 32.7 Å².